The third kappa shape index (κ3) is 5.77. The number of carbonyl (C=O) groups is 1. The van der Waals surface area contributed by atoms with Gasteiger partial charge in [0.1, 0.15) is 12.7 Å². The lowest BCUT2D eigenvalue weighted by atomic mass is 10.0. The zero-order chi connectivity index (χ0) is 21.0. The zero-order valence-electron chi connectivity index (χ0n) is 16.4. The van der Waals surface area contributed by atoms with Crippen LogP contribution in [0.5, 0.6) is 0 Å². The number of amides is 1. The maximum atomic E-state index is 13.1. The maximum absolute atomic E-state index is 13.1. The Labute approximate surface area is 167 Å². The quantitative estimate of drug-likeness (QED) is 0.766. The lowest BCUT2D eigenvalue weighted by Gasteiger charge is -2.33. The molecule has 1 saturated heterocycles. The van der Waals surface area contributed by atoms with Crippen molar-refractivity contribution in [3.05, 3.63) is 36.4 Å². The highest BCUT2D eigenvalue weighted by Crippen LogP contribution is 2.33. The minimum absolute atomic E-state index is 0.0479. The predicted molar refractivity (Wildman–Crippen MR) is 103 cm³/mol. The second-order valence-corrected chi connectivity index (χ2v) is 7.49. The third-order valence-electron chi connectivity index (χ3n) is 4.79. The highest BCUT2D eigenvalue weighted by atomic mass is 19.4. The van der Waals surface area contributed by atoms with E-state index >= 15 is 0 Å². The number of alkyl halides is 3. The second kappa shape index (κ2) is 8.91. The molecule has 29 heavy (non-hydrogen) atoms. The molecule has 2 N–H and O–H groups in total. The van der Waals surface area contributed by atoms with Gasteiger partial charge in [0.05, 0.1) is 23.5 Å². The second-order valence-electron chi connectivity index (χ2n) is 7.49. The molecule has 0 atom stereocenters. The molecule has 1 aromatic carbocycles. The number of hydrogen-bond donors (Lipinski definition) is 2. The molecule has 2 aromatic rings. The summed E-state index contributed by atoms with van der Waals surface area (Å²) < 4.78 is 40.7. The SMILES string of the molecule is CC(C)NC1CCN(CC(=O)Nc2cc(C(F)(F)F)ccc2-n2cncn2)CC1. The predicted octanol–water partition coefficient (Wildman–Crippen LogP) is 2.69. The summed E-state index contributed by atoms with van der Waals surface area (Å²) in [4.78, 5) is 18.4. The van der Waals surface area contributed by atoms with E-state index < -0.39 is 11.7 Å². The first-order valence-corrected chi connectivity index (χ1v) is 9.57. The van der Waals surface area contributed by atoms with Gasteiger partial charge in [-0.1, -0.05) is 13.8 Å². The van der Waals surface area contributed by atoms with Crippen molar-refractivity contribution in [2.24, 2.45) is 0 Å². The average molecular weight is 410 g/mol. The molecule has 0 aliphatic carbocycles. The first-order chi connectivity index (χ1) is 13.7. The normalized spacial score (nSPS) is 16.3. The summed E-state index contributed by atoms with van der Waals surface area (Å²) in [5.41, 5.74) is -0.465. The van der Waals surface area contributed by atoms with Crippen LogP contribution < -0.4 is 10.6 Å². The number of nitrogens with zero attached hydrogens (tertiary/aromatic N) is 4. The van der Waals surface area contributed by atoms with E-state index in [-0.39, 0.29) is 18.1 Å². The molecular formula is C19H25F3N6O. The zero-order valence-corrected chi connectivity index (χ0v) is 16.4. The van der Waals surface area contributed by atoms with Crippen LogP contribution in [0.25, 0.3) is 5.69 Å². The molecule has 3 rings (SSSR count). The van der Waals surface area contributed by atoms with Crippen LogP contribution in [0.3, 0.4) is 0 Å². The molecule has 7 nitrogen and oxygen atoms in total. The van der Waals surface area contributed by atoms with Gasteiger partial charge in [-0.25, -0.2) is 9.67 Å². The minimum Gasteiger partial charge on any atom is -0.323 e. The van der Waals surface area contributed by atoms with Crippen LogP contribution in [0, 0.1) is 0 Å². The molecular weight excluding hydrogens is 385 g/mol. The summed E-state index contributed by atoms with van der Waals surface area (Å²) in [6, 6.07) is 3.99. The van der Waals surface area contributed by atoms with Gasteiger partial charge in [-0.3, -0.25) is 9.69 Å². The van der Waals surface area contributed by atoms with Crippen LogP contribution >= 0.6 is 0 Å². The van der Waals surface area contributed by atoms with Crippen LogP contribution in [0.1, 0.15) is 32.3 Å². The monoisotopic (exact) mass is 410 g/mol. The highest BCUT2D eigenvalue weighted by Gasteiger charge is 2.31. The number of rotatable bonds is 6. The molecule has 0 unspecified atom stereocenters. The summed E-state index contributed by atoms with van der Waals surface area (Å²) in [6.45, 7) is 5.84. The molecule has 1 aliphatic heterocycles. The smallest absolute Gasteiger partial charge is 0.323 e. The van der Waals surface area contributed by atoms with Crippen LogP contribution in [0.4, 0.5) is 18.9 Å². The van der Waals surface area contributed by atoms with Crippen molar-refractivity contribution in [1.29, 1.82) is 0 Å². The number of hydrogen-bond acceptors (Lipinski definition) is 5. The van der Waals surface area contributed by atoms with Crippen molar-refractivity contribution in [3.8, 4) is 5.69 Å². The van der Waals surface area contributed by atoms with E-state index in [0.717, 1.165) is 38.1 Å². The summed E-state index contributed by atoms with van der Waals surface area (Å²) in [5, 5.41) is 10.1. The Morgan fingerprint density at radius 2 is 2.00 bits per heavy atom. The molecule has 1 aliphatic rings. The summed E-state index contributed by atoms with van der Waals surface area (Å²) >= 11 is 0. The molecule has 1 fully saturated rings. The van der Waals surface area contributed by atoms with Crippen molar-refractivity contribution < 1.29 is 18.0 Å². The van der Waals surface area contributed by atoms with Gasteiger partial charge in [0, 0.05) is 25.2 Å². The van der Waals surface area contributed by atoms with E-state index in [0.29, 0.717) is 17.8 Å². The van der Waals surface area contributed by atoms with Gasteiger partial charge < -0.3 is 10.6 Å². The summed E-state index contributed by atoms with van der Waals surface area (Å²) in [5.74, 6) is -0.360. The van der Waals surface area contributed by atoms with Crippen molar-refractivity contribution in [1.82, 2.24) is 25.0 Å². The van der Waals surface area contributed by atoms with Gasteiger partial charge >= 0.3 is 6.18 Å². The lowest BCUT2D eigenvalue weighted by molar-refractivity contribution is -0.137. The van der Waals surface area contributed by atoms with Crippen molar-refractivity contribution in [3.63, 3.8) is 0 Å². The largest absolute Gasteiger partial charge is 0.416 e. The van der Waals surface area contributed by atoms with Crippen molar-refractivity contribution >= 4 is 11.6 Å². The van der Waals surface area contributed by atoms with Crippen LogP contribution in [-0.2, 0) is 11.0 Å². The van der Waals surface area contributed by atoms with Crippen LogP contribution in [0.2, 0.25) is 0 Å². The molecule has 1 amide bonds. The molecule has 0 bridgehead atoms. The molecule has 2 heterocycles. The number of likely N-dealkylation sites (tertiary alicyclic amines) is 1. The summed E-state index contributed by atoms with van der Waals surface area (Å²) in [7, 11) is 0. The number of aromatic nitrogens is 3. The average Bonchev–Trinajstić information content (AvgIpc) is 3.16. The first-order valence-electron chi connectivity index (χ1n) is 9.57. The molecule has 1 aromatic heterocycles. The van der Waals surface area contributed by atoms with E-state index in [2.05, 4.69) is 34.6 Å². The summed E-state index contributed by atoms with van der Waals surface area (Å²) in [6.07, 6.45) is -0.00646. The number of anilines is 1. The fraction of sp³-hybridized carbons (Fsp3) is 0.526. The van der Waals surface area contributed by atoms with Gasteiger partial charge in [0.15, 0.2) is 0 Å². The highest BCUT2D eigenvalue weighted by molar-refractivity contribution is 5.94. The molecule has 0 spiro atoms. The van der Waals surface area contributed by atoms with Gasteiger partial charge in [-0.2, -0.15) is 18.3 Å². The van der Waals surface area contributed by atoms with E-state index in [4.69, 9.17) is 0 Å². The third-order valence-corrected chi connectivity index (χ3v) is 4.79. The Hall–Kier alpha value is -2.46. The molecule has 158 valence electrons. The van der Waals surface area contributed by atoms with E-state index in [1.165, 1.54) is 23.4 Å². The van der Waals surface area contributed by atoms with Gasteiger partial charge in [0.25, 0.3) is 0 Å². The van der Waals surface area contributed by atoms with Gasteiger partial charge in [0.2, 0.25) is 5.91 Å². The van der Waals surface area contributed by atoms with E-state index in [1.54, 1.807) is 0 Å². The Morgan fingerprint density at radius 3 is 2.59 bits per heavy atom. The maximum Gasteiger partial charge on any atom is 0.416 e. The Kier molecular flexibility index (Phi) is 6.53. The number of carbonyl (C=O) groups excluding carboxylic acids is 1. The topological polar surface area (TPSA) is 75.1 Å². The van der Waals surface area contributed by atoms with Crippen LogP contribution in [0.15, 0.2) is 30.9 Å². The lowest BCUT2D eigenvalue weighted by Crippen LogP contribution is -2.46. The van der Waals surface area contributed by atoms with Gasteiger partial charge in [-0.05, 0) is 31.0 Å². The molecule has 10 heteroatoms. The number of nitrogens with one attached hydrogen (secondary N) is 2. The fourth-order valence-electron chi connectivity index (χ4n) is 3.47. The molecule has 0 saturated carbocycles. The number of benzene rings is 1. The fourth-order valence-corrected chi connectivity index (χ4v) is 3.47. The van der Waals surface area contributed by atoms with E-state index in [1.807, 2.05) is 4.90 Å². The van der Waals surface area contributed by atoms with Crippen molar-refractivity contribution in [2.75, 3.05) is 25.0 Å². The molecule has 0 radical (unpaired) electrons. The minimum atomic E-state index is -4.51. The number of halogens is 3. The first kappa shape index (κ1) is 21.3. The van der Waals surface area contributed by atoms with Crippen molar-refractivity contribution in [2.45, 2.75) is 44.9 Å². The Morgan fingerprint density at radius 1 is 1.28 bits per heavy atom. The Balaban J connectivity index is 1.68. The Bertz CT molecular complexity index is 814. The van der Waals surface area contributed by atoms with E-state index in [9.17, 15) is 18.0 Å². The standard InChI is InChI=1S/C19H25F3N6O/c1-13(2)25-15-5-7-27(8-6-15)10-18(29)26-16-9-14(19(20,21)22)3-4-17(16)28-12-23-11-24-28/h3-4,9,11-13,15,25H,5-8,10H2,1-2H3,(H,26,29). The number of piperidine rings is 1. The van der Waals surface area contributed by atoms with Crippen LogP contribution in [-0.4, -0.2) is 57.3 Å². The van der Waals surface area contributed by atoms with Gasteiger partial charge in [-0.15, -0.1) is 0 Å².